The maximum absolute atomic E-state index is 12.2. The Kier molecular flexibility index (Phi) is 5.24. The maximum Gasteiger partial charge on any atom is 0.342 e. The van der Waals surface area contributed by atoms with E-state index in [1.165, 1.54) is 26.2 Å². The molecule has 0 heterocycles. The number of carbonyl (C=O) groups excluding carboxylic acids is 2. The zero-order chi connectivity index (χ0) is 17.0. The molecule has 0 spiro atoms. The van der Waals surface area contributed by atoms with Crippen molar-refractivity contribution in [3.8, 4) is 11.5 Å². The number of phenolic OH excluding ortho intramolecular Hbond substituents is 1. The predicted molar refractivity (Wildman–Crippen MR) is 85.3 cm³/mol. The number of hydrogen-bond donors (Lipinski definition) is 1. The highest BCUT2D eigenvalue weighted by Gasteiger charge is 2.23. The van der Waals surface area contributed by atoms with Crippen LogP contribution >= 0.6 is 11.6 Å². The minimum absolute atomic E-state index is 0.0693. The third-order valence-corrected chi connectivity index (χ3v) is 3.47. The number of aromatic hydroxyl groups is 1. The molecule has 0 unspecified atom stereocenters. The molecule has 0 saturated carbocycles. The van der Waals surface area contributed by atoms with E-state index in [1.54, 1.807) is 30.3 Å². The molecule has 0 aliphatic rings. The Hall–Kier alpha value is -2.53. The van der Waals surface area contributed by atoms with Gasteiger partial charge in [-0.25, -0.2) is 4.79 Å². The average molecular weight is 335 g/mol. The zero-order valence-electron chi connectivity index (χ0n) is 12.6. The molecule has 0 fully saturated rings. The number of methoxy groups -OCH3 is 1. The van der Waals surface area contributed by atoms with Crippen molar-refractivity contribution >= 4 is 23.4 Å². The summed E-state index contributed by atoms with van der Waals surface area (Å²) in [5.74, 6) is -1.35. The van der Waals surface area contributed by atoms with Crippen LogP contribution < -0.4 is 4.74 Å². The van der Waals surface area contributed by atoms with E-state index in [9.17, 15) is 14.7 Å². The standard InChI is InChI=1S/C17H15ClO5/c1-10(15(19)11-6-8-12(18)9-7-11)23-17(21)13-4-3-5-14(22-2)16(13)20/h3-10,20H,1-2H3/t10-/m1/s1. The number of para-hydroxylation sites is 1. The monoisotopic (exact) mass is 334 g/mol. The number of rotatable bonds is 5. The molecule has 120 valence electrons. The van der Waals surface area contributed by atoms with Crippen molar-refractivity contribution in [2.24, 2.45) is 0 Å². The molecule has 0 bridgehead atoms. The van der Waals surface area contributed by atoms with Gasteiger partial charge in [0.1, 0.15) is 5.56 Å². The van der Waals surface area contributed by atoms with Crippen molar-refractivity contribution in [2.45, 2.75) is 13.0 Å². The van der Waals surface area contributed by atoms with Gasteiger partial charge in [0.05, 0.1) is 7.11 Å². The lowest BCUT2D eigenvalue weighted by atomic mass is 10.1. The van der Waals surface area contributed by atoms with E-state index < -0.39 is 12.1 Å². The van der Waals surface area contributed by atoms with Gasteiger partial charge in [-0.15, -0.1) is 0 Å². The first-order chi connectivity index (χ1) is 10.9. The lowest BCUT2D eigenvalue weighted by molar-refractivity contribution is 0.0315. The number of halogens is 1. The molecular formula is C17H15ClO5. The van der Waals surface area contributed by atoms with Crippen LogP contribution in [-0.2, 0) is 4.74 Å². The van der Waals surface area contributed by atoms with Gasteiger partial charge in [-0.1, -0.05) is 17.7 Å². The van der Waals surface area contributed by atoms with E-state index in [2.05, 4.69) is 0 Å². The summed E-state index contributed by atoms with van der Waals surface area (Å²) in [7, 11) is 1.37. The fourth-order valence-corrected chi connectivity index (χ4v) is 2.10. The highest BCUT2D eigenvalue weighted by molar-refractivity contribution is 6.30. The summed E-state index contributed by atoms with van der Waals surface area (Å²) in [6, 6.07) is 10.7. The van der Waals surface area contributed by atoms with Crippen LogP contribution in [0.2, 0.25) is 5.02 Å². The molecular weight excluding hydrogens is 320 g/mol. The second-order valence-corrected chi connectivity index (χ2v) is 5.21. The number of esters is 1. The molecule has 0 amide bonds. The summed E-state index contributed by atoms with van der Waals surface area (Å²) in [5.41, 5.74) is 0.310. The number of hydrogen-bond acceptors (Lipinski definition) is 5. The molecule has 0 radical (unpaired) electrons. The third kappa shape index (κ3) is 3.81. The highest BCUT2D eigenvalue weighted by Crippen LogP contribution is 2.30. The van der Waals surface area contributed by atoms with Crippen LogP contribution in [0.15, 0.2) is 42.5 Å². The van der Waals surface area contributed by atoms with E-state index in [0.29, 0.717) is 10.6 Å². The molecule has 0 saturated heterocycles. The highest BCUT2D eigenvalue weighted by atomic mass is 35.5. The van der Waals surface area contributed by atoms with Crippen LogP contribution in [0.3, 0.4) is 0 Å². The Morgan fingerprint density at radius 1 is 1.13 bits per heavy atom. The average Bonchev–Trinajstić information content (AvgIpc) is 2.55. The molecule has 6 heteroatoms. The van der Waals surface area contributed by atoms with E-state index in [4.69, 9.17) is 21.1 Å². The van der Waals surface area contributed by atoms with Crippen molar-refractivity contribution < 1.29 is 24.2 Å². The minimum Gasteiger partial charge on any atom is -0.504 e. The predicted octanol–water partition coefficient (Wildman–Crippen LogP) is 3.48. The topological polar surface area (TPSA) is 72.8 Å². The van der Waals surface area contributed by atoms with Crippen molar-refractivity contribution in [3.05, 3.63) is 58.6 Å². The first-order valence-electron chi connectivity index (χ1n) is 6.80. The third-order valence-electron chi connectivity index (χ3n) is 3.22. The molecule has 2 aromatic rings. The molecule has 2 aromatic carbocycles. The Labute approximate surface area is 138 Å². The van der Waals surface area contributed by atoms with Crippen LogP contribution in [0.25, 0.3) is 0 Å². The summed E-state index contributed by atoms with van der Waals surface area (Å²) in [6.07, 6.45) is -1.01. The normalized spacial score (nSPS) is 11.6. The Bertz CT molecular complexity index is 724. The second-order valence-electron chi connectivity index (χ2n) is 4.78. The first kappa shape index (κ1) is 16.8. The number of carbonyl (C=O) groups is 2. The number of Topliss-reactive ketones (excluding diaryl/α,β-unsaturated/α-hetero) is 1. The van der Waals surface area contributed by atoms with Crippen molar-refractivity contribution in [1.29, 1.82) is 0 Å². The van der Waals surface area contributed by atoms with Gasteiger partial charge in [0, 0.05) is 10.6 Å². The minimum atomic E-state index is -1.01. The van der Waals surface area contributed by atoms with E-state index in [-0.39, 0.29) is 22.8 Å². The number of ketones is 1. The van der Waals surface area contributed by atoms with Crippen molar-refractivity contribution in [1.82, 2.24) is 0 Å². The van der Waals surface area contributed by atoms with Gasteiger partial charge in [0.15, 0.2) is 17.6 Å². The summed E-state index contributed by atoms with van der Waals surface area (Å²) in [4.78, 5) is 24.3. The van der Waals surface area contributed by atoms with E-state index >= 15 is 0 Å². The Morgan fingerprint density at radius 3 is 2.39 bits per heavy atom. The molecule has 0 aromatic heterocycles. The summed E-state index contributed by atoms with van der Waals surface area (Å²) < 4.78 is 10.1. The fraction of sp³-hybridized carbons (Fsp3) is 0.176. The Balaban J connectivity index is 2.13. The quantitative estimate of drug-likeness (QED) is 0.669. The molecule has 1 N–H and O–H groups in total. The molecule has 2 rings (SSSR count). The van der Waals surface area contributed by atoms with E-state index in [0.717, 1.165) is 0 Å². The largest absolute Gasteiger partial charge is 0.504 e. The van der Waals surface area contributed by atoms with Gasteiger partial charge in [0.2, 0.25) is 5.78 Å². The van der Waals surface area contributed by atoms with Crippen LogP contribution in [0.1, 0.15) is 27.6 Å². The van der Waals surface area contributed by atoms with Crippen LogP contribution in [0, 0.1) is 0 Å². The van der Waals surface area contributed by atoms with Gasteiger partial charge in [0.25, 0.3) is 0 Å². The van der Waals surface area contributed by atoms with Gasteiger partial charge < -0.3 is 14.6 Å². The van der Waals surface area contributed by atoms with Gasteiger partial charge in [-0.3, -0.25) is 4.79 Å². The summed E-state index contributed by atoms with van der Waals surface area (Å²) in [5, 5.41) is 10.4. The smallest absolute Gasteiger partial charge is 0.342 e. The number of benzene rings is 2. The molecule has 23 heavy (non-hydrogen) atoms. The van der Waals surface area contributed by atoms with Gasteiger partial charge in [-0.2, -0.15) is 0 Å². The van der Waals surface area contributed by atoms with Crippen LogP contribution in [0.4, 0.5) is 0 Å². The van der Waals surface area contributed by atoms with Crippen molar-refractivity contribution in [2.75, 3.05) is 7.11 Å². The van der Waals surface area contributed by atoms with Crippen LogP contribution in [-0.4, -0.2) is 30.1 Å². The molecule has 0 aliphatic heterocycles. The summed E-state index contributed by atoms with van der Waals surface area (Å²) >= 11 is 5.77. The lowest BCUT2D eigenvalue weighted by Gasteiger charge is -2.14. The SMILES string of the molecule is COc1cccc(C(=O)O[C@H](C)C(=O)c2ccc(Cl)cc2)c1O. The van der Waals surface area contributed by atoms with Gasteiger partial charge >= 0.3 is 5.97 Å². The zero-order valence-corrected chi connectivity index (χ0v) is 13.3. The molecule has 1 atom stereocenters. The number of phenols is 1. The number of ether oxygens (including phenoxy) is 2. The first-order valence-corrected chi connectivity index (χ1v) is 7.18. The fourth-order valence-electron chi connectivity index (χ4n) is 1.98. The summed E-state index contributed by atoms with van der Waals surface area (Å²) in [6.45, 7) is 1.46. The maximum atomic E-state index is 12.2. The van der Waals surface area contributed by atoms with Crippen LogP contribution in [0.5, 0.6) is 11.5 Å². The Morgan fingerprint density at radius 2 is 1.78 bits per heavy atom. The molecule has 5 nitrogen and oxygen atoms in total. The van der Waals surface area contributed by atoms with E-state index in [1.807, 2.05) is 0 Å². The van der Waals surface area contributed by atoms with Crippen molar-refractivity contribution in [3.63, 3.8) is 0 Å². The molecule has 0 aliphatic carbocycles. The van der Waals surface area contributed by atoms with Gasteiger partial charge in [-0.05, 0) is 43.3 Å². The lowest BCUT2D eigenvalue weighted by Crippen LogP contribution is -2.24. The second kappa shape index (κ2) is 7.15.